The van der Waals surface area contributed by atoms with E-state index in [0.29, 0.717) is 40.7 Å². The highest BCUT2D eigenvalue weighted by molar-refractivity contribution is 5.83. The Kier molecular flexibility index (Phi) is 3.55. The van der Waals surface area contributed by atoms with E-state index in [1.807, 2.05) is 12.3 Å². The Balaban J connectivity index is 1.46. The maximum atomic E-state index is 9.56. The number of nitrogens with zero attached hydrogens (tertiary/aromatic N) is 8. The molecule has 12 nitrogen and oxygen atoms in total. The second kappa shape index (κ2) is 6.11. The fourth-order valence-electron chi connectivity index (χ4n) is 4.57. The van der Waals surface area contributed by atoms with Crippen LogP contribution >= 0.6 is 0 Å². The predicted octanol–water partition coefficient (Wildman–Crippen LogP) is 0.152. The summed E-state index contributed by atoms with van der Waals surface area (Å²) < 4.78 is 3.49. The Bertz CT molecular complexity index is 1360. The fourth-order valence-corrected chi connectivity index (χ4v) is 4.57. The van der Waals surface area contributed by atoms with Crippen molar-refractivity contribution in [2.75, 3.05) is 19.4 Å². The van der Waals surface area contributed by atoms with Gasteiger partial charge in [-0.05, 0) is 12.1 Å². The molecule has 5 heterocycles. The van der Waals surface area contributed by atoms with Crippen LogP contribution in [0.1, 0.15) is 5.69 Å². The zero-order valence-electron chi connectivity index (χ0n) is 16.5. The minimum atomic E-state index is -0.427. The number of H-pyrrole nitrogens is 1. The number of hydrogen-bond donors (Lipinski definition) is 3. The van der Waals surface area contributed by atoms with Crippen LogP contribution in [-0.2, 0) is 17.0 Å². The highest BCUT2D eigenvalue weighted by atomic mass is 16.7. The molecule has 2 aliphatic rings. The summed E-state index contributed by atoms with van der Waals surface area (Å²) >= 11 is 0. The summed E-state index contributed by atoms with van der Waals surface area (Å²) in [4.78, 5) is 10.1. The molecule has 2 unspecified atom stereocenters. The van der Waals surface area contributed by atoms with Crippen LogP contribution in [0.15, 0.2) is 30.7 Å². The van der Waals surface area contributed by atoms with Gasteiger partial charge in [-0.15, -0.1) is 0 Å². The molecule has 31 heavy (non-hydrogen) atoms. The van der Waals surface area contributed by atoms with Crippen molar-refractivity contribution < 1.29 is 9.94 Å². The van der Waals surface area contributed by atoms with Gasteiger partial charge in [0.25, 0.3) is 0 Å². The molecular formula is C19H18N10O2. The number of nitrogen functional groups attached to an aromatic ring is 1. The molecule has 0 radical (unpaired) electrons. The van der Waals surface area contributed by atoms with Crippen LogP contribution in [-0.4, -0.2) is 64.4 Å². The van der Waals surface area contributed by atoms with E-state index in [0.717, 1.165) is 5.52 Å². The highest BCUT2D eigenvalue weighted by Crippen LogP contribution is 2.61. The van der Waals surface area contributed by atoms with Gasteiger partial charge in [-0.3, -0.25) is 9.78 Å². The largest absolute Gasteiger partial charge is 0.390 e. The lowest BCUT2D eigenvalue weighted by Crippen LogP contribution is -2.51. The van der Waals surface area contributed by atoms with Crippen molar-refractivity contribution in [1.82, 2.24) is 39.6 Å². The van der Waals surface area contributed by atoms with Gasteiger partial charge in [0.05, 0.1) is 67.5 Å². The van der Waals surface area contributed by atoms with Crippen molar-refractivity contribution in [1.29, 1.82) is 5.26 Å². The summed E-state index contributed by atoms with van der Waals surface area (Å²) in [7, 11) is 1.60. The van der Waals surface area contributed by atoms with Crippen molar-refractivity contribution in [2.45, 2.75) is 18.2 Å². The number of aromatic nitrogens is 7. The second-order valence-electron chi connectivity index (χ2n) is 7.75. The summed E-state index contributed by atoms with van der Waals surface area (Å²) in [6.07, 6.45) is 5.29. The topological polar surface area (TPSA) is 159 Å². The Labute approximate surface area is 175 Å². The van der Waals surface area contributed by atoms with E-state index in [2.05, 4.69) is 26.5 Å². The number of aromatic amines is 1. The molecule has 1 aliphatic carbocycles. The van der Waals surface area contributed by atoms with E-state index < -0.39 is 5.54 Å². The molecule has 3 atom stereocenters. The molecule has 0 aromatic carbocycles. The summed E-state index contributed by atoms with van der Waals surface area (Å²) in [6, 6.07) is 5.89. The number of hydroxylamine groups is 2. The molecule has 1 saturated carbocycles. The number of hydrogen-bond acceptors (Lipinski definition) is 9. The first-order valence-corrected chi connectivity index (χ1v) is 9.67. The minimum Gasteiger partial charge on any atom is -0.390 e. The molecular weight excluding hydrogens is 400 g/mol. The van der Waals surface area contributed by atoms with Crippen LogP contribution in [0.2, 0.25) is 0 Å². The van der Waals surface area contributed by atoms with Gasteiger partial charge in [0.2, 0.25) is 0 Å². The van der Waals surface area contributed by atoms with Crippen LogP contribution in [0.4, 0.5) is 5.82 Å². The molecule has 0 amide bonds. The number of fused-ring (bicyclic) bond motifs is 2. The zero-order chi connectivity index (χ0) is 21.3. The zero-order valence-corrected chi connectivity index (χ0v) is 16.5. The number of rotatable bonds is 5. The first-order valence-electron chi connectivity index (χ1n) is 9.67. The van der Waals surface area contributed by atoms with Gasteiger partial charge in [-0.25, -0.2) is 9.50 Å². The first kappa shape index (κ1) is 18.0. The van der Waals surface area contributed by atoms with Crippen LogP contribution in [0.5, 0.6) is 0 Å². The van der Waals surface area contributed by atoms with E-state index in [1.165, 1.54) is 0 Å². The van der Waals surface area contributed by atoms with E-state index in [-0.39, 0.29) is 18.6 Å². The lowest BCUT2D eigenvalue weighted by molar-refractivity contribution is -0.197. The lowest BCUT2D eigenvalue weighted by Gasteiger charge is -2.35. The SMILES string of the molecule is CON1C[C@]2(n3cc(-c4nc(-c5cc(CO)[nH]n5)cn5nccc45)c(N)n3)C(C#N)C12. The molecule has 2 fully saturated rings. The summed E-state index contributed by atoms with van der Waals surface area (Å²) in [6.45, 7) is 0.422. The predicted molar refractivity (Wildman–Crippen MR) is 107 cm³/mol. The molecule has 156 valence electrons. The van der Waals surface area contributed by atoms with Crippen molar-refractivity contribution in [3.63, 3.8) is 0 Å². The molecule has 1 saturated heterocycles. The monoisotopic (exact) mass is 418 g/mol. The number of nitrogens with one attached hydrogen (secondary N) is 1. The first-order chi connectivity index (χ1) is 15.1. The standard InChI is InChI=1S/C19H18N10O2/c1-31-28-9-19(12(5-20)17(19)28)29-6-11(18(21)26-29)16-15-2-3-22-27(15)7-14(23-16)13-4-10(8-30)24-25-13/h2-4,6-7,12,17,30H,8-9H2,1H3,(H2,21,26)(H,24,25)/t12?,17?,19-/m0/s1. The second-order valence-corrected chi connectivity index (χ2v) is 7.75. The van der Waals surface area contributed by atoms with Gasteiger partial charge in [-0.2, -0.15) is 25.6 Å². The van der Waals surface area contributed by atoms with Crippen molar-refractivity contribution in [3.8, 4) is 28.7 Å². The molecule has 4 aromatic heterocycles. The number of nitrogens with two attached hydrogens (primary N) is 1. The normalized spacial score (nSPS) is 24.7. The quantitative estimate of drug-likeness (QED) is 0.410. The van der Waals surface area contributed by atoms with Gasteiger partial charge in [0.15, 0.2) is 5.82 Å². The Hall–Kier alpha value is -3.79. The minimum absolute atomic E-state index is 0.0371. The molecule has 12 heteroatoms. The van der Waals surface area contributed by atoms with Crippen molar-refractivity contribution in [2.24, 2.45) is 5.92 Å². The summed E-state index contributed by atoms with van der Waals surface area (Å²) in [5, 5.41) is 36.5. The molecule has 0 spiro atoms. The summed E-state index contributed by atoms with van der Waals surface area (Å²) in [5.74, 6) is 0.105. The molecule has 4 aromatic rings. The number of nitriles is 1. The third kappa shape index (κ3) is 2.27. The maximum Gasteiger partial charge on any atom is 0.155 e. The van der Waals surface area contributed by atoms with E-state index in [1.54, 1.807) is 39.8 Å². The molecule has 0 bridgehead atoms. The van der Waals surface area contributed by atoms with Gasteiger partial charge in [-0.1, -0.05) is 0 Å². The maximum absolute atomic E-state index is 9.56. The highest BCUT2D eigenvalue weighted by Gasteiger charge is 2.79. The van der Waals surface area contributed by atoms with Crippen LogP contribution in [0.3, 0.4) is 0 Å². The van der Waals surface area contributed by atoms with Crippen LogP contribution in [0, 0.1) is 17.2 Å². The Morgan fingerprint density at radius 3 is 3.03 bits per heavy atom. The van der Waals surface area contributed by atoms with E-state index >= 15 is 0 Å². The average Bonchev–Trinajstić information content (AvgIpc) is 3.32. The number of aliphatic hydroxyl groups is 1. The Morgan fingerprint density at radius 2 is 2.29 bits per heavy atom. The van der Waals surface area contributed by atoms with Crippen molar-refractivity contribution >= 4 is 11.3 Å². The molecule has 1 aliphatic heterocycles. The van der Waals surface area contributed by atoms with Gasteiger partial charge in [0.1, 0.15) is 22.6 Å². The third-order valence-electron chi connectivity index (χ3n) is 6.23. The summed E-state index contributed by atoms with van der Waals surface area (Å²) in [5.41, 5.74) is 9.64. The van der Waals surface area contributed by atoms with Crippen LogP contribution < -0.4 is 5.73 Å². The van der Waals surface area contributed by atoms with E-state index in [9.17, 15) is 10.4 Å². The van der Waals surface area contributed by atoms with Gasteiger partial charge in [0, 0.05) is 6.20 Å². The lowest BCUT2D eigenvalue weighted by atomic mass is 10.1. The fraction of sp³-hybridized carbons (Fsp3) is 0.316. The number of aliphatic hydroxyl groups excluding tert-OH is 1. The van der Waals surface area contributed by atoms with Crippen LogP contribution in [0.25, 0.3) is 28.2 Å². The molecule has 4 N–H and O–H groups in total. The third-order valence-corrected chi connectivity index (χ3v) is 6.23. The Morgan fingerprint density at radius 1 is 1.42 bits per heavy atom. The van der Waals surface area contributed by atoms with Crippen molar-refractivity contribution in [3.05, 3.63) is 36.4 Å². The average molecular weight is 418 g/mol. The number of anilines is 1. The van der Waals surface area contributed by atoms with E-state index in [4.69, 9.17) is 15.6 Å². The van der Waals surface area contributed by atoms with Gasteiger partial charge >= 0.3 is 0 Å². The molecule has 6 rings (SSSR count). The van der Waals surface area contributed by atoms with Gasteiger partial charge < -0.3 is 15.7 Å². The smallest absolute Gasteiger partial charge is 0.155 e.